The number of hydrogen-bond acceptors (Lipinski definition) is 5. The number of ketones is 1. The van der Waals surface area contributed by atoms with Gasteiger partial charge in [-0.3, -0.25) is 13.7 Å². The molecule has 0 N–H and O–H groups in total. The third kappa shape index (κ3) is 2.35. The van der Waals surface area contributed by atoms with Crippen molar-refractivity contribution in [3.05, 3.63) is 58.3 Å². The van der Waals surface area contributed by atoms with Crippen LogP contribution in [0, 0.1) is 5.82 Å². The number of hydrogen-bond donors (Lipinski definition) is 0. The Morgan fingerprint density at radius 3 is 2.65 bits per heavy atom. The lowest BCUT2D eigenvalue weighted by molar-refractivity contribution is 0.0981. The number of fused-ring (bicyclic) bond motifs is 2. The molecule has 26 heavy (non-hydrogen) atoms. The maximum absolute atomic E-state index is 13.5. The van der Waals surface area contributed by atoms with Gasteiger partial charge in [-0.15, -0.1) is 0 Å². The molecule has 0 aliphatic carbocycles. The van der Waals surface area contributed by atoms with Crippen molar-refractivity contribution in [3.63, 3.8) is 0 Å². The summed E-state index contributed by atoms with van der Waals surface area (Å²) >= 11 is 0. The van der Waals surface area contributed by atoms with Crippen molar-refractivity contribution in [2.45, 2.75) is 11.3 Å². The highest BCUT2D eigenvalue weighted by Gasteiger charge is 2.33. The molecule has 2 heterocycles. The molecule has 1 aliphatic rings. The predicted molar refractivity (Wildman–Crippen MR) is 91.3 cm³/mol. The minimum Gasteiger partial charge on any atom is -0.408 e. The van der Waals surface area contributed by atoms with Crippen LogP contribution < -0.4 is 10.1 Å². The second-order valence-electron chi connectivity index (χ2n) is 5.97. The number of aryl methyl sites for hydroxylation is 1. The molecular weight excluding hydrogens is 363 g/mol. The first-order chi connectivity index (χ1) is 12.3. The molecule has 0 saturated heterocycles. The van der Waals surface area contributed by atoms with E-state index in [-0.39, 0.29) is 40.5 Å². The number of carbonyl (C=O) groups excluding carboxylic acids is 1. The Hall–Kier alpha value is -2.94. The van der Waals surface area contributed by atoms with Gasteiger partial charge in [-0.05, 0) is 30.3 Å². The van der Waals surface area contributed by atoms with Crippen LogP contribution in [0.2, 0.25) is 0 Å². The van der Waals surface area contributed by atoms with E-state index in [9.17, 15) is 22.4 Å². The van der Waals surface area contributed by atoms with Crippen LogP contribution in [0.5, 0.6) is 0 Å². The summed E-state index contributed by atoms with van der Waals surface area (Å²) in [5.41, 5.74) is 0.778. The van der Waals surface area contributed by atoms with Gasteiger partial charge in [0.25, 0.3) is 10.0 Å². The Morgan fingerprint density at radius 2 is 1.88 bits per heavy atom. The van der Waals surface area contributed by atoms with Gasteiger partial charge in [0.1, 0.15) is 5.82 Å². The summed E-state index contributed by atoms with van der Waals surface area (Å²) in [6, 6.07) is 7.55. The third-order valence-electron chi connectivity index (χ3n) is 4.42. The van der Waals surface area contributed by atoms with Gasteiger partial charge in [-0.1, -0.05) is 0 Å². The molecule has 0 unspecified atom stereocenters. The Labute approximate surface area is 147 Å². The van der Waals surface area contributed by atoms with Crippen molar-refractivity contribution in [2.24, 2.45) is 7.05 Å². The summed E-state index contributed by atoms with van der Waals surface area (Å²) in [7, 11) is -2.50. The summed E-state index contributed by atoms with van der Waals surface area (Å²) in [5.74, 6) is -1.52. The fourth-order valence-electron chi connectivity index (χ4n) is 3.06. The summed E-state index contributed by atoms with van der Waals surface area (Å²) in [6.07, 6.45) is -0.0433. The van der Waals surface area contributed by atoms with Gasteiger partial charge >= 0.3 is 5.76 Å². The lowest BCUT2D eigenvalue weighted by atomic mass is 10.0. The first-order valence-electron chi connectivity index (χ1n) is 7.74. The predicted octanol–water partition coefficient (Wildman–Crippen LogP) is 2.05. The summed E-state index contributed by atoms with van der Waals surface area (Å²) in [5, 5.41) is 0. The molecule has 4 rings (SSSR count). The Morgan fingerprint density at radius 1 is 1.12 bits per heavy atom. The van der Waals surface area contributed by atoms with Crippen molar-refractivity contribution >= 4 is 32.6 Å². The van der Waals surface area contributed by atoms with Crippen LogP contribution in [0.15, 0.2) is 50.5 Å². The van der Waals surface area contributed by atoms with Crippen LogP contribution in [0.25, 0.3) is 11.1 Å². The lowest BCUT2D eigenvalue weighted by Gasteiger charge is -2.29. The third-order valence-corrected chi connectivity index (χ3v) is 6.23. The molecule has 1 aliphatic heterocycles. The van der Waals surface area contributed by atoms with E-state index >= 15 is 0 Å². The van der Waals surface area contributed by atoms with Crippen LogP contribution in [-0.4, -0.2) is 25.3 Å². The van der Waals surface area contributed by atoms with Gasteiger partial charge in [-0.2, -0.15) is 0 Å². The molecule has 9 heteroatoms. The zero-order valence-corrected chi connectivity index (χ0v) is 14.4. The maximum atomic E-state index is 13.5. The highest BCUT2D eigenvalue weighted by Crippen LogP contribution is 2.33. The highest BCUT2D eigenvalue weighted by molar-refractivity contribution is 7.92. The van der Waals surface area contributed by atoms with E-state index < -0.39 is 21.6 Å². The maximum Gasteiger partial charge on any atom is 0.419 e. The second kappa shape index (κ2) is 5.53. The van der Waals surface area contributed by atoms with Gasteiger partial charge < -0.3 is 4.42 Å². The van der Waals surface area contributed by atoms with Gasteiger partial charge in [0.05, 0.1) is 16.1 Å². The second-order valence-corrected chi connectivity index (χ2v) is 7.83. The van der Waals surface area contributed by atoms with E-state index in [1.54, 1.807) is 0 Å². The van der Waals surface area contributed by atoms with Gasteiger partial charge in [0.2, 0.25) is 0 Å². The SMILES string of the molecule is Cn1c(=O)oc2cc(S(=O)(=O)N3CCC(=O)c4cc(F)ccc43)ccc21. The average molecular weight is 376 g/mol. The zero-order valence-electron chi connectivity index (χ0n) is 13.6. The molecule has 3 aromatic rings. The number of aromatic nitrogens is 1. The van der Waals surface area contributed by atoms with E-state index in [1.807, 2.05) is 0 Å². The highest BCUT2D eigenvalue weighted by atomic mass is 32.2. The van der Waals surface area contributed by atoms with Gasteiger partial charge in [0.15, 0.2) is 11.4 Å². The van der Waals surface area contributed by atoms with Crippen LogP contribution in [-0.2, 0) is 17.1 Å². The number of nitrogens with zero attached hydrogens (tertiary/aromatic N) is 2. The molecular formula is C17H13FN2O5S. The van der Waals surface area contributed by atoms with Crippen molar-refractivity contribution in [3.8, 4) is 0 Å². The molecule has 0 saturated carbocycles. The number of carbonyl (C=O) groups is 1. The molecule has 0 fully saturated rings. The topological polar surface area (TPSA) is 89.6 Å². The smallest absolute Gasteiger partial charge is 0.408 e. The number of anilines is 1. The molecule has 2 aromatic carbocycles. The minimum absolute atomic E-state index is 0.0344. The summed E-state index contributed by atoms with van der Waals surface area (Å²) in [6.45, 7) is -0.0451. The number of sulfonamides is 1. The van der Waals surface area contributed by atoms with Crippen molar-refractivity contribution in [1.29, 1.82) is 0 Å². The van der Waals surface area contributed by atoms with Gasteiger partial charge in [0, 0.05) is 31.6 Å². The van der Waals surface area contributed by atoms with Crippen LogP contribution in [0.1, 0.15) is 16.8 Å². The molecule has 0 amide bonds. The Kier molecular flexibility index (Phi) is 3.52. The van der Waals surface area contributed by atoms with E-state index in [2.05, 4.69) is 0 Å². The van der Waals surface area contributed by atoms with E-state index in [4.69, 9.17) is 4.42 Å². The molecule has 0 radical (unpaired) electrons. The number of Topliss-reactive ketones (excluding diaryl/α,β-unsaturated/α-hetero) is 1. The van der Waals surface area contributed by atoms with E-state index in [0.717, 1.165) is 16.4 Å². The van der Waals surface area contributed by atoms with Gasteiger partial charge in [-0.25, -0.2) is 17.6 Å². The molecule has 134 valence electrons. The first-order valence-corrected chi connectivity index (χ1v) is 9.18. The normalized spacial score (nSPS) is 14.7. The molecule has 7 nitrogen and oxygen atoms in total. The van der Waals surface area contributed by atoms with Crippen LogP contribution >= 0.6 is 0 Å². The quantitative estimate of drug-likeness (QED) is 0.683. The van der Waals surface area contributed by atoms with Crippen LogP contribution in [0.3, 0.4) is 0 Å². The van der Waals surface area contributed by atoms with E-state index in [0.29, 0.717) is 5.52 Å². The number of rotatable bonds is 2. The largest absolute Gasteiger partial charge is 0.419 e. The minimum atomic E-state index is -4.02. The Balaban J connectivity index is 1.86. The van der Waals surface area contributed by atoms with Crippen molar-refractivity contribution in [2.75, 3.05) is 10.8 Å². The number of oxazole rings is 1. The van der Waals surface area contributed by atoms with Crippen molar-refractivity contribution < 1.29 is 22.0 Å². The molecule has 1 aromatic heterocycles. The van der Waals surface area contributed by atoms with E-state index in [1.165, 1.54) is 35.9 Å². The molecule has 0 spiro atoms. The lowest BCUT2D eigenvalue weighted by Crippen LogP contribution is -2.37. The first kappa shape index (κ1) is 16.5. The number of halogens is 1. The molecule has 0 atom stereocenters. The van der Waals surface area contributed by atoms with Crippen LogP contribution in [0.4, 0.5) is 10.1 Å². The fraction of sp³-hybridized carbons (Fsp3) is 0.176. The zero-order chi connectivity index (χ0) is 18.6. The number of benzene rings is 2. The summed E-state index contributed by atoms with van der Waals surface area (Å²) in [4.78, 5) is 23.5. The monoisotopic (exact) mass is 376 g/mol. The van der Waals surface area contributed by atoms with Crippen molar-refractivity contribution in [1.82, 2.24) is 4.57 Å². The fourth-order valence-corrected chi connectivity index (χ4v) is 4.56. The summed E-state index contributed by atoms with van der Waals surface area (Å²) < 4.78 is 47.0. The standard InChI is InChI=1S/C17H13FN2O5S/c1-19-14-5-3-11(9-16(14)25-17(19)22)26(23,24)20-7-6-15(21)12-8-10(18)2-4-13(12)20/h2-5,8-9H,6-7H2,1H3. The average Bonchev–Trinajstić information content (AvgIpc) is 2.89. The Bertz CT molecular complexity index is 1230. The molecule has 0 bridgehead atoms.